The maximum atomic E-state index is 11.6. The number of ether oxygens (including phenoxy) is 1. The molecule has 0 aliphatic carbocycles. The molecule has 1 aromatic rings. The van der Waals surface area contributed by atoms with Gasteiger partial charge in [-0.2, -0.15) is 0 Å². The van der Waals surface area contributed by atoms with Gasteiger partial charge < -0.3 is 15.4 Å². The Hall–Kier alpha value is -1.62. The molecule has 1 aliphatic heterocycles. The SMILES string of the molecule is CN1CCC(Oc2ccc(CN)nc2)C1=O. The van der Waals surface area contributed by atoms with E-state index in [0.717, 1.165) is 18.7 Å². The first-order valence-corrected chi connectivity index (χ1v) is 5.27. The molecule has 1 amide bonds. The van der Waals surface area contributed by atoms with E-state index in [0.29, 0.717) is 12.3 Å². The zero-order valence-electron chi connectivity index (χ0n) is 9.22. The third kappa shape index (κ3) is 2.14. The van der Waals surface area contributed by atoms with Gasteiger partial charge in [0, 0.05) is 26.6 Å². The Morgan fingerprint density at radius 2 is 2.44 bits per heavy atom. The molecular weight excluding hydrogens is 206 g/mol. The molecule has 0 saturated carbocycles. The molecule has 2 rings (SSSR count). The number of hydrogen-bond acceptors (Lipinski definition) is 4. The van der Waals surface area contributed by atoms with Gasteiger partial charge in [-0.25, -0.2) is 0 Å². The van der Waals surface area contributed by atoms with Gasteiger partial charge in [0.1, 0.15) is 5.75 Å². The predicted molar refractivity (Wildman–Crippen MR) is 58.8 cm³/mol. The topological polar surface area (TPSA) is 68.5 Å². The third-order valence-electron chi connectivity index (χ3n) is 2.66. The number of nitrogens with two attached hydrogens (primary N) is 1. The maximum absolute atomic E-state index is 11.6. The predicted octanol–water partition coefficient (Wildman–Crippen LogP) is 0.150. The largest absolute Gasteiger partial charge is 0.479 e. The fourth-order valence-electron chi connectivity index (χ4n) is 1.67. The monoisotopic (exact) mass is 221 g/mol. The van der Waals surface area contributed by atoms with Crippen LogP contribution in [-0.4, -0.2) is 35.5 Å². The van der Waals surface area contributed by atoms with Gasteiger partial charge in [-0.05, 0) is 12.1 Å². The van der Waals surface area contributed by atoms with Crippen LogP contribution in [0.3, 0.4) is 0 Å². The molecule has 16 heavy (non-hydrogen) atoms. The molecule has 1 aromatic heterocycles. The van der Waals surface area contributed by atoms with Crippen LogP contribution in [0.25, 0.3) is 0 Å². The van der Waals surface area contributed by atoms with Crippen molar-refractivity contribution in [3.8, 4) is 5.75 Å². The molecule has 0 spiro atoms. The summed E-state index contributed by atoms with van der Waals surface area (Å²) >= 11 is 0. The third-order valence-corrected chi connectivity index (χ3v) is 2.66. The molecule has 1 aliphatic rings. The van der Waals surface area contributed by atoms with E-state index in [4.69, 9.17) is 10.5 Å². The summed E-state index contributed by atoms with van der Waals surface area (Å²) in [5, 5.41) is 0. The number of nitrogens with zero attached hydrogens (tertiary/aromatic N) is 2. The maximum Gasteiger partial charge on any atom is 0.263 e. The summed E-state index contributed by atoms with van der Waals surface area (Å²) in [5.41, 5.74) is 6.25. The van der Waals surface area contributed by atoms with Crippen molar-refractivity contribution in [1.29, 1.82) is 0 Å². The van der Waals surface area contributed by atoms with E-state index in [-0.39, 0.29) is 12.0 Å². The van der Waals surface area contributed by atoms with Crippen LogP contribution in [0.1, 0.15) is 12.1 Å². The molecule has 1 unspecified atom stereocenters. The van der Waals surface area contributed by atoms with Gasteiger partial charge in [0.25, 0.3) is 5.91 Å². The first kappa shape index (κ1) is 10.9. The Labute approximate surface area is 94.2 Å². The number of rotatable bonds is 3. The van der Waals surface area contributed by atoms with Gasteiger partial charge in [-0.1, -0.05) is 0 Å². The molecule has 86 valence electrons. The van der Waals surface area contributed by atoms with Crippen LogP contribution >= 0.6 is 0 Å². The highest BCUT2D eigenvalue weighted by molar-refractivity contribution is 5.83. The zero-order valence-corrected chi connectivity index (χ0v) is 9.22. The minimum absolute atomic E-state index is 0.0305. The molecule has 2 heterocycles. The van der Waals surface area contributed by atoms with E-state index in [1.54, 1.807) is 30.3 Å². The van der Waals surface area contributed by atoms with E-state index >= 15 is 0 Å². The molecule has 5 heteroatoms. The molecule has 0 aromatic carbocycles. The van der Waals surface area contributed by atoms with Gasteiger partial charge >= 0.3 is 0 Å². The lowest BCUT2D eigenvalue weighted by Crippen LogP contribution is -2.29. The summed E-state index contributed by atoms with van der Waals surface area (Å²) in [6, 6.07) is 3.60. The second-order valence-corrected chi connectivity index (χ2v) is 3.84. The van der Waals surface area contributed by atoms with Crippen molar-refractivity contribution < 1.29 is 9.53 Å². The van der Waals surface area contributed by atoms with Crippen molar-refractivity contribution >= 4 is 5.91 Å². The normalized spacial score (nSPS) is 20.2. The molecule has 1 fully saturated rings. The lowest BCUT2D eigenvalue weighted by molar-refractivity contribution is -0.132. The molecule has 2 N–H and O–H groups in total. The number of aromatic nitrogens is 1. The Kier molecular flexibility index (Phi) is 3.05. The van der Waals surface area contributed by atoms with E-state index < -0.39 is 0 Å². The van der Waals surface area contributed by atoms with Crippen molar-refractivity contribution in [3.05, 3.63) is 24.0 Å². The minimum Gasteiger partial charge on any atom is -0.479 e. The first-order valence-electron chi connectivity index (χ1n) is 5.27. The van der Waals surface area contributed by atoms with Gasteiger partial charge in [-0.15, -0.1) is 0 Å². The second kappa shape index (κ2) is 4.49. The first-order chi connectivity index (χ1) is 7.70. The van der Waals surface area contributed by atoms with E-state index in [9.17, 15) is 4.79 Å². The number of pyridine rings is 1. The number of amides is 1. The van der Waals surface area contributed by atoms with Crippen LogP contribution < -0.4 is 10.5 Å². The van der Waals surface area contributed by atoms with E-state index in [1.165, 1.54) is 0 Å². The number of likely N-dealkylation sites (tertiary alicyclic amines) is 1. The number of hydrogen-bond donors (Lipinski definition) is 1. The molecule has 1 saturated heterocycles. The summed E-state index contributed by atoms with van der Waals surface area (Å²) in [6.07, 6.45) is 1.97. The van der Waals surface area contributed by atoms with Crippen molar-refractivity contribution in [3.63, 3.8) is 0 Å². The Bertz CT molecular complexity index is 377. The number of carbonyl (C=O) groups is 1. The van der Waals surface area contributed by atoms with Crippen molar-refractivity contribution in [2.45, 2.75) is 19.1 Å². The molecule has 0 radical (unpaired) electrons. The standard InChI is InChI=1S/C11H15N3O2/c1-14-5-4-10(11(14)15)16-9-3-2-8(6-12)13-7-9/h2-3,7,10H,4-6,12H2,1H3. The quantitative estimate of drug-likeness (QED) is 0.789. The van der Waals surface area contributed by atoms with Crippen LogP contribution in [0.5, 0.6) is 5.75 Å². The fraction of sp³-hybridized carbons (Fsp3) is 0.455. The van der Waals surface area contributed by atoms with Crippen molar-refractivity contribution in [1.82, 2.24) is 9.88 Å². The molecular formula is C11H15N3O2. The van der Waals surface area contributed by atoms with Crippen molar-refractivity contribution in [2.24, 2.45) is 5.73 Å². The van der Waals surface area contributed by atoms with Crippen LogP contribution in [0, 0.1) is 0 Å². The van der Waals surface area contributed by atoms with Crippen LogP contribution in [-0.2, 0) is 11.3 Å². The highest BCUT2D eigenvalue weighted by Gasteiger charge is 2.30. The molecule has 1 atom stereocenters. The van der Waals surface area contributed by atoms with E-state index in [2.05, 4.69) is 4.98 Å². The zero-order chi connectivity index (χ0) is 11.5. The number of likely N-dealkylation sites (N-methyl/N-ethyl adjacent to an activating group) is 1. The van der Waals surface area contributed by atoms with Gasteiger partial charge in [-0.3, -0.25) is 9.78 Å². The van der Waals surface area contributed by atoms with E-state index in [1.807, 2.05) is 0 Å². The summed E-state index contributed by atoms with van der Waals surface area (Å²) < 4.78 is 5.56. The fourth-order valence-corrected chi connectivity index (χ4v) is 1.67. The summed E-state index contributed by atoms with van der Waals surface area (Å²) in [5.74, 6) is 0.647. The lowest BCUT2D eigenvalue weighted by Gasteiger charge is -2.12. The summed E-state index contributed by atoms with van der Waals surface area (Å²) in [4.78, 5) is 17.4. The smallest absolute Gasteiger partial charge is 0.263 e. The Balaban J connectivity index is 2.01. The average Bonchev–Trinajstić information content (AvgIpc) is 2.62. The second-order valence-electron chi connectivity index (χ2n) is 3.84. The lowest BCUT2D eigenvalue weighted by atomic mass is 10.3. The van der Waals surface area contributed by atoms with Crippen LogP contribution in [0.4, 0.5) is 0 Å². The summed E-state index contributed by atoms with van der Waals surface area (Å²) in [6.45, 7) is 1.16. The van der Waals surface area contributed by atoms with Gasteiger partial charge in [0.15, 0.2) is 6.10 Å². The molecule has 5 nitrogen and oxygen atoms in total. The van der Waals surface area contributed by atoms with Crippen LogP contribution in [0.2, 0.25) is 0 Å². The average molecular weight is 221 g/mol. The highest BCUT2D eigenvalue weighted by Crippen LogP contribution is 2.17. The Morgan fingerprint density at radius 3 is 2.94 bits per heavy atom. The van der Waals surface area contributed by atoms with Gasteiger partial charge in [0.05, 0.1) is 11.9 Å². The minimum atomic E-state index is -0.365. The number of carbonyl (C=O) groups excluding carboxylic acids is 1. The summed E-state index contributed by atoms with van der Waals surface area (Å²) in [7, 11) is 1.78. The molecule has 0 bridgehead atoms. The van der Waals surface area contributed by atoms with Crippen LogP contribution in [0.15, 0.2) is 18.3 Å². The highest BCUT2D eigenvalue weighted by atomic mass is 16.5. The Morgan fingerprint density at radius 1 is 1.62 bits per heavy atom. The van der Waals surface area contributed by atoms with Gasteiger partial charge in [0.2, 0.25) is 0 Å². The van der Waals surface area contributed by atoms with Crippen molar-refractivity contribution in [2.75, 3.05) is 13.6 Å².